The van der Waals surface area contributed by atoms with Crippen LogP contribution in [-0.2, 0) is 11.3 Å². The van der Waals surface area contributed by atoms with Gasteiger partial charge in [-0.25, -0.2) is 4.39 Å². The first-order valence-corrected chi connectivity index (χ1v) is 5.89. The monoisotopic (exact) mass is 236 g/mol. The van der Waals surface area contributed by atoms with Crippen LogP contribution in [0.5, 0.6) is 0 Å². The average molecular weight is 236 g/mol. The van der Waals surface area contributed by atoms with E-state index in [1.807, 2.05) is 6.92 Å². The number of nitrogens with one attached hydrogen (secondary N) is 2. The molecule has 1 heterocycles. The van der Waals surface area contributed by atoms with Gasteiger partial charge in [0.1, 0.15) is 5.82 Å². The van der Waals surface area contributed by atoms with Crippen LogP contribution in [0.25, 0.3) is 0 Å². The van der Waals surface area contributed by atoms with E-state index >= 15 is 0 Å². The predicted molar refractivity (Wildman–Crippen MR) is 63.8 cm³/mol. The Balaban J connectivity index is 1.83. The largest absolute Gasteiger partial charge is 0.352 e. The Hall–Kier alpha value is -1.42. The molecule has 0 aliphatic carbocycles. The zero-order valence-corrected chi connectivity index (χ0v) is 9.87. The highest BCUT2D eigenvalue weighted by atomic mass is 19.1. The van der Waals surface area contributed by atoms with E-state index in [-0.39, 0.29) is 17.6 Å². The second-order valence-electron chi connectivity index (χ2n) is 4.55. The van der Waals surface area contributed by atoms with Gasteiger partial charge in [0.05, 0.1) is 0 Å². The van der Waals surface area contributed by atoms with Crippen molar-refractivity contribution in [2.45, 2.75) is 13.5 Å². The van der Waals surface area contributed by atoms with E-state index in [2.05, 4.69) is 10.6 Å². The molecule has 1 aromatic rings. The number of amides is 1. The highest BCUT2D eigenvalue weighted by molar-refractivity contribution is 5.78. The zero-order chi connectivity index (χ0) is 12.3. The van der Waals surface area contributed by atoms with Crippen LogP contribution in [0.4, 0.5) is 4.39 Å². The first-order valence-electron chi connectivity index (χ1n) is 5.89. The normalized spacial score (nSPS) is 17.3. The van der Waals surface area contributed by atoms with Crippen molar-refractivity contribution in [2.75, 3.05) is 13.1 Å². The third kappa shape index (κ3) is 3.03. The number of carbonyl (C=O) groups excluding carboxylic acids is 1. The molecule has 92 valence electrons. The molecule has 1 atom stereocenters. The van der Waals surface area contributed by atoms with E-state index < -0.39 is 0 Å². The quantitative estimate of drug-likeness (QED) is 0.827. The lowest BCUT2D eigenvalue weighted by Gasteiger charge is -2.31. The Bertz CT molecular complexity index is 404. The number of rotatable bonds is 4. The van der Waals surface area contributed by atoms with Crippen molar-refractivity contribution in [3.05, 3.63) is 35.6 Å². The van der Waals surface area contributed by atoms with Gasteiger partial charge in [-0.2, -0.15) is 0 Å². The van der Waals surface area contributed by atoms with Gasteiger partial charge in [0, 0.05) is 12.5 Å². The smallest absolute Gasteiger partial charge is 0.223 e. The van der Waals surface area contributed by atoms with Crippen LogP contribution in [0.1, 0.15) is 12.5 Å². The van der Waals surface area contributed by atoms with Crippen LogP contribution in [0, 0.1) is 17.7 Å². The van der Waals surface area contributed by atoms with Crippen molar-refractivity contribution in [1.29, 1.82) is 0 Å². The van der Waals surface area contributed by atoms with Gasteiger partial charge < -0.3 is 10.6 Å². The van der Waals surface area contributed by atoms with E-state index in [0.717, 1.165) is 18.7 Å². The standard InChI is InChI=1S/C13H17FN2O/c1-9(11-7-15-8-11)13(17)16-6-10-3-2-4-12(14)5-10/h2-5,9,11,15H,6-8H2,1H3,(H,16,17). The Morgan fingerprint density at radius 2 is 2.35 bits per heavy atom. The second kappa shape index (κ2) is 5.27. The zero-order valence-electron chi connectivity index (χ0n) is 9.87. The minimum Gasteiger partial charge on any atom is -0.352 e. The predicted octanol–water partition coefficient (Wildman–Crippen LogP) is 1.30. The minimum absolute atomic E-state index is 0.0183. The summed E-state index contributed by atoms with van der Waals surface area (Å²) < 4.78 is 12.9. The maximum Gasteiger partial charge on any atom is 0.223 e. The Morgan fingerprint density at radius 3 is 2.94 bits per heavy atom. The molecular formula is C13H17FN2O. The molecule has 1 amide bonds. The highest BCUT2D eigenvalue weighted by Gasteiger charge is 2.28. The van der Waals surface area contributed by atoms with E-state index in [1.165, 1.54) is 12.1 Å². The number of hydrogen-bond acceptors (Lipinski definition) is 2. The summed E-state index contributed by atoms with van der Waals surface area (Å²) in [5, 5.41) is 5.99. The van der Waals surface area contributed by atoms with E-state index in [1.54, 1.807) is 12.1 Å². The van der Waals surface area contributed by atoms with Crippen LogP contribution < -0.4 is 10.6 Å². The number of hydrogen-bond donors (Lipinski definition) is 2. The first-order chi connectivity index (χ1) is 8.16. The second-order valence-corrected chi connectivity index (χ2v) is 4.55. The lowest BCUT2D eigenvalue weighted by molar-refractivity contribution is -0.126. The third-order valence-corrected chi connectivity index (χ3v) is 3.29. The van der Waals surface area contributed by atoms with Gasteiger partial charge in [-0.15, -0.1) is 0 Å². The van der Waals surface area contributed by atoms with Crippen molar-refractivity contribution in [3.63, 3.8) is 0 Å². The molecule has 0 aromatic heterocycles. The molecule has 17 heavy (non-hydrogen) atoms. The van der Waals surface area contributed by atoms with Gasteiger partial charge in [0.2, 0.25) is 5.91 Å². The topological polar surface area (TPSA) is 41.1 Å². The summed E-state index contributed by atoms with van der Waals surface area (Å²) in [6, 6.07) is 6.29. The molecule has 1 saturated heterocycles. The van der Waals surface area contributed by atoms with Crippen LogP contribution in [0.15, 0.2) is 24.3 Å². The van der Waals surface area contributed by atoms with Crippen molar-refractivity contribution in [1.82, 2.24) is 10.6 Å². The van der Waals surface area contributed by atoms with Gasteiger partial charge in [0.25, 0.3) is 0 Å². The maximum absolute atomic E-state index is 12.9. The van der Waals surface area contributed by atoms with E-state index in [0.29, 0.717) is 12.5 Å². The molecular weight excluding hydrogens is 219 g/mol. The van der Waals surface area contributed by atoms with Gasteiger partial charge in [0.15, 0.2) is 0 Å². The lowest BCUT2D eigenvalue weighted by Crippen LogP contribution is -2.49. The summed E-state index contributed by atoms with van der Waals surface area (Å²) in [4.78, 5) is 11.8. The molecule has 1 unspecified atom stereocenters. The fraction of sp³-hybridized carbons (Fsp3) is 0.462. The summed E-state index contributed by atoms with van der Waals surface area (Å²) in [6.45, 7) is 4.15. The minimum atomic E-state index is -0.270. The summed E-state index contributed by atoms with van der Waals surface area (Å²) in [5.74, 6) is 0.223. The van der Waals surface area contributed by atoms with Crippen LogP contribution in [0.2, 0.25) is 0 Å². The average Bonchev–Trinajstić information content (AvgIpc) is 2.23. The van der Waals surface area contributed by atoms with Gasteiger partial charge in [-0.05, 0) is 36.7 Å². The molecule has 2 N–H and O–H groups in total. The molecule has 4 heteroatoms. The molecule has 0 radical (unpaired) electrons. The lowest BCUT2D eigenvalue weighted by atomic mass is 9.88. The maximum atomic E-state index is 12.9. The molecule has 1 aromatic carbocycles. The molecule has 1 aliphatic heterocycles. The summed E-state index contributed by atoms with van der Waals surface area (Å²) in [6.07, 6.45) is 0. The van der Waals surface area contributed by atoms with Crippen molar-refractivity contribution in [3.8, 4) is 0 Å². The molecule has 1 aliphatic rings. The van der Waals surface area contributed by atoms with Crippen LogP contribution in [-0.4, -0.2) is 19.0 Å². The van der Waals surface area contributed by atoms with Crippen molar-refractivity contribution < 1.29 is 9.18 Å². The molecule has 0 bridgehead atoms. The molecule has 1 fully saturated rings. The molecule has 0 saturated carbocycles. The van der Waals surface area contributed by atoms with Crippen molar-refractivity contribution >= 4 is 5.91 Å². The van der Waals surface area contributed by atoms with Crippen LogP contribution in [0.3, 0.4) is 0 Å². The van der Waals surface area contributed by atoms with Crippen molar-refractivity contribution in [2.24, 2.45) is 11.8 Å². The molecule has 3 nitrogen and oxygen atoms in total. The van der Waals surface area contributed by atoms with Gasteiger partial charge >= 0.3 is 0 Å². The Labute approximate surface area is 100 Å². The Morgan fingerprint density at radius 1 is 1.59 bits per heavy atom. The number of benzene rings is 1. The number of carbonyl (C=O) groups is 1. The summed E-state index contributed by atoms with van der Waals surface area (Å²) in [5.41, 5.74) is 0.789. The number of halogens is 1. The van der Waals surface area contributed by atoms with E-state index in [9.17, 15) is 9.18 Å². The van der Waals surface area contributed by atoms with Gasteiger partial charge in [-0.1, -0.05) is 19.1 Å². The molecule has 2 rings (SSSR count). The van der Waals surface area contributed by atoms with Gasteiger partial charge in [-0.3, -0.25) is 4.79 Å². The SMILES string of the molecule is CC(C(=O)NCc1cccc(F)c1)C1CNC1. The summed E-state index contributed by atoms with van der Waals surface area (Å²) in [7, 11) is 0. The molecule has 0 spiro atoms. The Kier molecular flexibility index (Phi) is 3.74. The fourth-order valence-corrected chi connectivity index (χ4v) is 1.88. The fourth-order valence-electron chi connectivity index (χ4n) is 1.88. The van der Waals surface area contributed by atoms with E-state index in [4.69, 9.17) is 0 Å². The first kappa shape index (κ1) is 12.0. The third-order valence-electron chi connectivity index (χ3n) is 3.29. The summed E-state index contributed by atoms with van der Waals surface area (Å²) >= 11 is 0. The highest BCUT2D eigenvalue weighted by Crippen LogP contribution is 2.16. The van der Waals surface area contributed by atoms with Crippen LogP contribution >= 0.6 is 0 Å².